The van der Waals surface area contributed by atoms with Gasteiger partial charge in [-0.15, -0.1) is 0 Å². The Morgan fingerprint density at radius 1 is 1.16 bits per heavy atom. The lowest BCUT2D eigenvalue weighted by atomic mass is 10.1. The molecule has 4 aromatic rings. The molecular formula is C23H28N8O. The largest absolute Gasteiger partial charge is 0.488 e. The fraction of sp³-hybridized carbons (Fsp3) is 0.391. The number of nitrogens with zero attached hydrogens (tertiary/aromatic N) is 7. The Kier molecular flexibility index (Phi) is 5.26. The number of likely N-dealkylation sites (tertiary alicyclic amines) is 1. The molecule has 166 valence electrons. The molecule has 0 aliphatic carbocycles. The number of aryl methyl sites for hydroxylation is 3. The summed E-state index contributed by atoms with van der Waals surface area (Å²) in [6.45, 7) is 8.51. The van der Waals surface area contributed by atoms with Crippen LogP contribution < -0.4 is 10.1 Å². The van der Waals surface area contributed by atoms with E-state index in [-0.39, 0.29) is 0 Å². The van der Waals surface area contributed by atoms with Crippen LogP contribution in [0.2, 0.25) is 0 Å². The summed E-state index contributed by atoms with van der Waals surface area (Å²) >= 11 is 0. The van der Waals surface area contributed by atoms with Crippen LogP contribution in [-0.2, 0) is 6.54 Å². The molecule has 1 aliphatic heterocycles. The van der Waals surface area contributed by atoms with Crippen molar-refractivity contribution in [2.45, 2.75) is 39.8 Å². The first-order valence-corrected chi connectivity index (χ1v) is 11.0. The van der Waals surface area contributed by atoms with E-state index in [1.807, 2.05) is 53.6 Å². The smallest absolute Gasteiger partial charge is 0.165 e. The van der Waals surface area contributed by atoms with E-state index < -0.39 is 0 Å². The van der Waals surface area contributed by atoms with Crippen LogP contribution in [0.3, 0.4) is 0 Å². The Hall–Kier alpha value is -3.46. The van der Waals surface area contributed by atoms with E-state index in [0.717, 1.165) is 58.8 Å². The Morgan fingerprint density at radius 3 is 2.75 bits per heavy atom. The molecule has 0 bridgehead atoms. The topological polar surface area (TPSA) is 85.4 Å². The Morgan fingerprint density at radius 2 is 2.03 bits per heavy atom. The van der Waals surface area contributed by atoms with Gasteiger partial charge in [-0.1, -0.05) is 0 Å². The molecule has 0 saturated carbocycles. The zero-order valence-electron chi connectivity index (χ0n) is 18.9. The van der Waals surface area contributed by atoms with Gasteiger partial charge in [-0.25, -0.2) is 14.5 Å². The first-order chi connectivity index (χ1) is 15.5. The van der Waals surface area contributed by atoms with Crippen LogP contribution in [-0.4, -0.2) is 60.5 Å². The van der Waals surface area contributed by atoms with Crippen LogP contribution in [0.4, 0.5) is 11.6 Å². The van der Waals surface area contributed by atoms with Gasteiger partial charge in [0.25, 0.3) is 0 Å². The fourth-order valence-electron chi connectivity index (χ4n) is 4.09. The zero-order valence-corrected chi connectivity index (χ0v) is 18.9. The van der Waals surface area contributed by atoms with Gasteiger partial charge in [0.1, 0.15) is 23.9 Å². The molecule has 1 saturated heterocycles. The highest BCUT2D eigenvalue weighted by Gasteiger charge is 2.25. The van der Waals surface area contributed by atoms with Crippen LogP contribution in [0, 0.1) is 13.8 Å². The lowest BCUT2D eigenvalue weighted by Gasteiger charge is -2.37. The van der Waals surface area contributed by atoms with Crippen molar-refractivity contribution >= 4 is 17.2 Å². The second-order valence-corrected chi connectivity index (χ2v) is 8.29. The lowest BCUT2D eigenvalue weighted by molar-refractivity contribution is 0.0771. The van der Waals surface area contributed by atoms with Crippen molar-refractivity contribution in [3.8, 4) is 17.0 Å². The van der Waals surface area contributed by atoms with Crippen LogP contribution in [0.25, 0.3) is 16.8 Å². The van der Waals surface area contributed by atoms with Crippen molar-refractivity contribution in [2.24, 2.45) is 0 Å². The molecule has 1 atom stereocenters. The molecule has 0 radical (unpaired) electrons. The Balaban J connectivity index is 1.43. The van der Waals surface area contributed by atoms with E-state index in [1.54, 1.807) is 0 Å². The van der Waals surface area contributed by atoms with E-state index in [4.69, 9.17) is 4.74 Å². The lowest BCUT2D eigenvalue weighted by Crippen LogP contribution is -2.48. The number of rotatable bonds is 7. The molecule has 9 nitrogen and oxygen atoms in total. The number of pyridine rings is 1. The molecule has 0 amide bonds. The molecule has 5 heterocycles. The van der Waals surface area contributed by atoms with Crippen molar-refractivity contribution < 1.29 is 4.74 Å². The fourth-order valence-corrected chi connectivity index (χ4v) is 4.09. The third-order valence-corrected chi connectivity index (χ3v) is 5.93. The summed E-state index contributed by atoms with van der Waals surface area (Å²) in [5.74, 6) is 3.01. The van der Waals surface area contributed by atoms with Gasteiger partial charge in [0, 0.05) is 42.2 Å². The summed E-state index contributed by atoms with van der Waals surface area (Å²) in [5, 5.41) is 12.4. The number of anilines is 2. The number of hydrogen-bond acceptors (Lipinski definition) is 7. The molecule has 0 unspecified atom stereocenters. The highest BCUT2D eigenvalue weighted by Crippen LogP contribution is 2.32. The summed E-state index contributed by atoms with van der Waals surface area (Å²) in [6, 6.07) is 8.56. The normalized spacial score (nSPS) is 16.3. The van der Waals surface area contributed by atoms with Gasteiger partial charge < -0.3 is 10.1 Å². The molecule has 1 fully saturated rings. The van der Waals surface area contributed by atoms with Crippen LogP contribution in [0.5, 0.6) is 5.75 Å². The van der Waals surface area contributed by atoms with Gasteiger partial charge >= 0.3 is 0 Å². The molecular weight excluding hydrogens is 404 g/mol. The number of nitrogens with one attached hydrogen (secondary N) is 1. The molecule has 1 aliphatic rings. The third kappa shape index (κ3) is 3.91. The first-order valence-electron chi connectivity index (χ1n) is 11.0. The average Bonchev–Trinajstić information content (AvgIpc) is 3.34. The van der Waals surface area contributed by atoms with Gasteiger partial charge in [0.05, 0.1) is 11.7 Å². The molecule has 0 spiro atoms. The van der Waals surface area contributed by atoms with Gasteiger partial charge in [-0.05, 0) is 52.9 Å². The van der Waals surface area contributed by atoms with Crippen molar-refractivity contribution in [1.29, 1.82) is 0 Å². The van der Waals surface area contributed by atoms with Gasteiger partial charge in [0.15, 0.2) is 11.6 Å². The highest BCUT2D eigenvalue weighted by molar-refractivity contribution is 5.72. The van der Waals surface area contributed by atoms with Crippen molar-refractivity contribution in [3.63, 3.8) is 0 Å². The van der Waals surface area contributed by atoms with Crippen LogP contribution in [0.15, 0.2) is 36.7 Å². The number of fused-ring (bicyclic) bond motifs is 1. The monoisotopic (exact) mass is 432 g/mol. The van der Waals surface area contributed by atoms with Gasteiger partial charge in [-0.2, -0.15) is 10.2 Å². The minimum atomic E-state index is 0.479. The quantitative estimate of drug-likeness (QED) is 0.479. The average molecular weight is 433 g/mol. The van der Waals surface area contributed by atoms with E-state index >= 15 is 0 Å². The summed E-state index contributed by atoms with van der Waals surface area (Å²) < 4.78 is 10.0. The van der Waals surface area contributed by atoms with Crippen molar-refractivity contribution in [2.75, 3.05) is 25.5 Å². The van der Waals surface area contributed by atoms with Crippen molar-refractivity contribution in [3.05, 3.63) is 48.2 Å². The van der Waals surface area contributed by atoms with Crippen molar-refractivity contribution in [1.82, 2.24) is 34.3 Å². The minimum Gasteiger partial charge on any atom is -0.488 e. The maximum absolute atomic E-state index is 6.19. The third-order valence-electron chi connectivity index (χ3n) is 5.93. The van der Waals surface area contributed by atoms with Gasteiger partial charge in [-0.3, -0.25) is 9.58 Å². The predicted molar refractivity (Wildman–Crippen MR) is 123 cm³/mol. The van der Waals surface area contributed by atoms with E-state index in [2.05, 4.69) is 50.4 Å². The number of ether oxygens (including phenoxy) is 1. The first kappa shape index (κ1) is 20.4. The molecule has 1 N–H and O–H groups in total. The van der Waals surface area contributed by atoms with E-state index in [1.165, 1.54) is 6.42 Å². The van der Waals surface area contributed by atoms with Crippen LogP contribution in [0.1, 0.15) is 24.9 Å². The highest BCUT2D eigenvalue weighted by atomic mass is 16.5. The molecule has 0 aromatic carbocycles. The Labute approximate surface area is 187 Å². The Bertz CT molecular complexity index is 1240. The number of hydrogen-bond donors (Lipinski definition) is 1. The standard InChI is InChI=1S/C23H28N8O/c1-5-30-23(20(13-24-30)32-14-18-7-8-29(18)4)17-6-9-31-19(11-17)12-22(28-31)27-21-10-15(2)25-16(3)26-21/h6,9-13,18H,5,7-8,14H2,1-4H3,(H,25,26,27,28)/t18-/m1/s1. The van der Waals surface area contributed by atoms with Gasteiger partial charge in [0.2, 0.25) is 0 Å². The summed E-state index contributed by atoms with van der Waals surface area (Å²) in [5.41, 5.74) is 3.93. The minimum absolute atomic E-state index is 0.479. The van der Waals surface area contributed by atoms with E-state index in [9.17, 15) is 0 Å². The maximum Gasteiger partial charge on any atom is 0.165 e. The maximum atomic E-state index is 6.19. The number of likely N-dealkylation sites (N-methyl/N-ethyl adjacent to an activating group) is 1. The van der Waals surface area contributed by atoms with E-state index in [0.29, 0.717) is 12.6 Å². The second kappa shape index (κ2) is 8.23. The summed E-state index contributed by atoms with van der Waals surface area (Å²) in [6.07, 6.45) is 4.96. The summed E-state index contributed by atoms with van der Waals surface area (Å²) in [7, 11) is 2.14. The van der Waals surface area contributed by atoms with Crippen LogP contribution >= 0.6 is 0 Å². The second-order valence-electron chi connectivity index (χ2n) is 8.29. The molecule has 5 rings (SSSR count). The zero-order chi connectivity index (χ0) is 22.2. The predicted octanol–water partition coefficient (Wildman–Crippen LogP) is 3.45. The summed E-state index contributed by atoms with van der Waals surface area (Å²) in [4.78, 5) is 11.1. The molecule has 9 heteroatoms. The SMILES string of the molecule is CCn1ncc(OC[C@H]2CCN2C)c1-c1ccn2nc(Nc3cc(C)nc(C)n3)cc2c1. The number of aromatic nitrogens is 6. The molecule has 4 aromatic heterocycles. The molecule has 32 heavy (non-hydrogen) atoms.